The van der Waals surface area contributed by atoms with Crippen molar-refractivity contribution in [3.63, 3.8) is 0 Å². The second-order valence-electron chi connectivity index (χ2n) is 4.82. The van der Waals surface area contributed by atoms with Crippen molar-refractivity contribution in [3.8, 4) is 0 Å². The van der Waals surface area contributed by atoms with Gasteiger partial charge in [0, 0.05) is 23.8 Å². The molecule has 0 spiro atoms. The van der Waals surface area contributed by atoms with Gasteiger partial charge in [0.25, 0.3) is 0 Å². The highest BCUT2D eigenvalue weighted by atomic mass is 79.9. The molecule has 2 heterocycles. The van der Waals surface area contributed by atoms with Crippen molar-refractivity contribution in [2.75, 3.05) is 25.1 Å². The van der Waals surface area contributed by atoms with E-state index in [-0.39, 0.29) is 31.5 Å². The fourth-order valence-corrected chi connectivity index (χ4v) is 2.69. The summed E-state index contributed by atoms with van der Waals surface area (Å²) in [6.07, 6.45) is -2.65. The van der Waals surface area contributed by atoms with E-state index in [1.165, 1.54) is 13.3 Å². The van der Waals surface area contributed by atoms with Gasteiger partial charge in [0.15, 0.2) is 0 Å². The number of aromatic nitrogens is 1. The molecule has 0 aromatic carbocycles. The summed E-state index contributed by atoms with van der Waals surface area (Å²) >= 11 is 3.22. The molecule has 1 aromatic heterocycles. The van der Waals surface area contributed by atoms with Crippen LogP contribution in [0.25, 0.3) is 0 Å². The Morgan fingerprint density at radius 3 is 2.57 bits per heavy atom. The molecule has 1 aliphatic rings. The predicted octanol–water partition coefficient (Wildman–Crippen LogP) is 3.41. The molecule has 21 heavy (non-hydrogen) atoms. The second kappa shape index (κ2) is 6.21. The van der Waals surface area contributed by atoms with Crippen molar-refractivity contribution >= 4 is 27.7 Å². The summed E-state index contributed by atoms with van der Waals surface area (Å²) in [5.74, 6) is -1.48. The maximum Gasteiger partial charge on any atom is 0.391 e. The lowest BCUT2D eigenvalue weighted by Gasteiger charge is -2.34. The first-order chi connectivity index (χ1) is 9.82. The Balaban J connectivity index is 2.19. The monoisotopic (exact) mass is 366 g/mol. The van der Waals surface area contributed by atoms with Crippen molar-refractivity contribution < 1.29 is 22.7 Å². The molecule has 1 aliphatic heterocycles. The van der Waals surface area contributed by atoms with Gasteiger partial charge < -0.3 is 9.64 Å². The number of nitrogens with zero attached hydrogens (tertiary/aromatic N) is 2. The van der Waals surface area contributed by atoms with E-state index in [4.69, 9.17) is 4.74 Å². The number of hydrogen-bond acceptors (Lipinski definition) is 4. The summed E-state index contributed by atoms with van der Waals surface area (Å²) in [6, 6.07) is 1.56. The number of hydrogen-bond donors (Lipinski definition) is 0. The van der Waals surface area contributed by atoms with Gasteiger partial charge in [-0.1, -0.05) is 0 Å². The predicted molar refractivity (Wildman–Crippen MR) is 74.3 cm³/mol. The van der Waals surface area contributed by atoms with Crippen LogP contribution in [0.3, 0.4) is 0 Å². The van der Waals surface area contributed by atoms with Crippen LogP contribution in [-0.4, -0.2) is 37.3 Å². The molecule has 0 atom stereocenters. The van der Waals surface area contributed by atoms with Gasteiger partial charge in [0.2, 0.25) is 0 Å². The van der Waals surface area contributed by atoms with Gasteiger partial charge >= 0.3 is 12.1 Å². The molecule has 0 N–H and O–H groups in total. The topological polar surface area (TPSA) is 42.4 Å². The lowest BCUT2D eigenvalue weighted by atomic mass is 9.96. The van der Waals surface area contributed by atoms with Crippen LogP contribution in [0.2, 0.25) is 0 Å². The van der Waals surface area contributed by atoms with E-state index in [0.29, 0.717) is 10.3 Å². The summed E-state index contributed by atoms with van der Waals surface area (Å²) in [7, 11) is 1.25. The number of anilines is 1. The van der Waals surface area contributed by atoms with Gasteiger partial charge in [-0.15, -0.1) is 0 Å². The average molecular weight is 367 g/mol. The molecule has 1 saturated heterocycles. The average Bonchev–Trinajstić information content (AvgIpc) is 2.45. The quantitative estimate of drug-likeness (QED) is 0.752. The third kappa shape index (κ3) is 3.66. The minimum Gasteiger partial charge on any atom is -0.465 e. The molecule has 4 nitrogen and oxygen atoms in total. The number of methoxy groups -OCH3 is 1. The minimum atomic E-state index is -4.16. The molecule has 0 amide bonds. The summed E-state index contributed by atoms with van der Waals surface area (Å²) in [5, 5.41) is 0. The third-order valence-corrected chi connectivity index (χ3v) is 3.93. The Morgan fingerprint density at radius 1 is 1.43 bits per heavy atom. The number of rotatable bonds is 2. The second-order valence-corrected chi connectivity index (χ2v) is 5.73. The number of piperidine rings is 1. The van der Waals surface area contributed by atoms with Crippen molar-refractivity contribution in [3.05, 3.63) is 22.3 Å². The zero-order chi connectivity index (χ0) is 15.6. The summed E-state index contributed by atoms with van der Waals surface area (Å²) in [4.78, 5) is 17.6. The maximum absolute atomic E-state index is 12.7. The van der Waals surface area contributed by atoms with Crippen LogP contribution in [-0.2, 0) is 4.74 Å². The molecule has 0 unspecified atom stereocenters. The molecule has 0 radical (unpaired) electrons. The first-order valence-corrected chi connectivity index (χ1v) is 7.17. The standard InChI is InChI=1S/C13H14BrF3N2O2/c1-21-12(20)10-6-9(14)7-18-11(10)19-4-2-8(3-5-19)13(15,16)17/h6-8H,2-5H2,1H3. The van der Waals surface area contributed by atoms with Gasteiger partial charge in [0.1, 0.15) is 11.4 Å². The van der Waals surface area contributed by atoms with Crippen LogP contribution in [0, 0.1) is 5.92 Å². The first-order valence-electron chi connectivity index (χ1n) is 6.38. The van der Waals surface area contributed by atoms with Gasteiger partial charge in [-0.2, -0.15) is 13.2 Å². The Labute approximate surface area is 128 Å². The summed E-state index contributed by atoms with van der Waals surface area (Å²) in [6.45, 7) is 0.422. The summed E-state index contributed by atoms with van der Waals surface area (Å²) < 4.78 is 43.3. The van der Waals surface area contributed by atoms with Gasteiger partial charge in [0.05, 0.1) is 13.0 Å². The van der Waals surface area contributed by atoms with E-state index < -0.39 is 18.1 Å². The van der Waals surface area contributed by atoms with Crippen LogP contribution in [0.4, 0.5) is 19.0 Å². The number of ether oxygens (including phenoxy) is 1. The number of carbonyl (C=O) groups is 1. The maximum atomic E-state index is 12.7. The lowest BCUT2D eigenvalue weighted by molar-refractivity contribution is -0.179. The number of carbonyl (C=O) groups excluding carboxylic acids is 1. The van der Waals surface area contributed by atoms with Gasteiger partial charge in [-0.3, -0.25) is 0 Å². The van der Waals surface area contributed by atoms with Crippen LogP contribution in [0.15, 0.2) is 16.7 Å². The van der Waals surface area contributed by atoms with Crippen molar-refractivity contribution in [1.29, 1.82) is 0 Å². The minimum absolute atomic E-state index is 0.00184. The molecular weight excluding hydrogens is 353 g/mol. The van der Waals surface area contributed by atoms with Crippen LogP contribution < -0.4 is 4.90 Å². The molecule has 0 aliphatic carbocycles. The highest BCUT2D eigenvalue weighted by molar-refractivity contribution is 9.10. The van der Waals surface area contributed by atoms with Gasteiger partial charge in [-0.05, 0) is 34.8 Å². The van der Waals surface area contributed by atoms with E-state index >= 15 is 0 Å². The van der Waals surface area contributed by atoms with E-state index in [1.54, 1.807) is 11.0 Å². The molecule has 1 fully saturated rings. The number of halogens is 4. The van der Waals surface area contributed by atoms with Crippen molar-refractivity contribution in [1.82, 2.24) is 4.98 Å². The number of pyridine rings is 1. The Hall–Kier alpha value is -1.31. The van der Waals surface area contributed by atoms with Crippen LogP contribution in [0.1, 0.15) is 23.2 Å². The van der Waals surface area contributed by atoms with Crippen molar-refractivity contribution in [2.45, 2.75) is 19.0 Å². The zero-order valence-electron chi connectivity index (χ0n) is 11.3. The fourth-order valence-electron chi connectivity index (χ4n) is 2.36. The van der Waals surface area contributed by atoms with Crippen LogP contribution >= 0.6 is 15.9 Å². The molecule has 8 heteroatoms. The van der Waals surface area contributed by atoms with E-state index in [2.05, 4.69) is 20.9 Å². The molecule has 0 saturated carbocycles. The third-order valence-electron chi connectivity index (χ3n) is 3.50. The van der Waals surface area contributed by atoms with Gasteiger partial charge in [-0.25, -0.2) is 9.78 Å². The lowest BCUT2D eigenvalue weighted by Crippen LogP contribution is -2.40. The Bertz CT molecular complexity index is 529. The molecule has 1 aromatic rings. The number of esters is 1. The molecule has 0 bridgehead atoms. The smallest absolute Gasteiger partial charge is 0.391 e. The Kier molecular flexibility index (Phi) is 4.75. The van der Waals surface area contributed by atoms with Crippen LogP contribution in [0.5, 0.6) is 0 Å². The first kappa shape index (κ1) is 16.1. The van der Waals surface area contributed by atoms with Crippen molar-refractivity contribution in [2.24, 2.45) is 5.92 Å². The molecule has 2 rings (SSSR count). The van der Waals surface area contributed by atoms with E-state index in [0.717, 1.165) is 0 Å². The number of alkyl halides is 3. The van der Waals surface area contributed by atoms with E-state index in [9.17, 15) is 18.0 Å². The Morgan fingerprint density at radius 2 is 2.05 bits per heavy atom. The molecular formula is C13H14BrF3N2O2. The highest BCUT2D eigenvalue weighted by Crippen LogP contribution is 2.35. The summed E-state index contributed by atoms with van der Waals surface area (Å²) in [5.41, 5.74) is 0.248. The normalized spacial score (nSPS) is 16.9. The molecule has 116 valence electrons. The highest BCUT2D eigenvalue weighted by Gasteiger charge is 2.41. The largest absolute Gasteiger partial charge is 0.465 e. The SMILES string of the molecule is COC(=O)c1cc(Br)cnc1N1CCC(C(F)(F)F)CC1. The zero-order valence-corrected chi connectivity index (χ0v) is 12.9. The van der Waals surface area contributed by atoms with E-state index in [1.807, 2.05) is 0 Å². The fraction of sp³-hybridized carbons (Fsp3) is 0.538.